The van der Waals surface area contributed by atoms with Crippen molar-refractivity contribution in [3.8, 4) is 29.4 Å². The lowest BCUT2D eigenvalue weighted by atomic mass is 10.2. The number of halogens is 1. The quantitative estimate of drug-likeness (QED) is 0.513. The molecule has 0 bridgehead atoms. The van der Waals surface area contributed by atoms with Crippen LogP contribution in [0.4, 0.5) is 4.39 Å². The minimum Gasteiger partial charge on any atom is -0.344 e. The van der Waals surface area contributed by atoms with Gasteiger partial charge < -0.3 is 5.32 Å². The van der Waals surface area contributed by atoms with E-state index in [0.29, 0.717) is 16.5 Å². The van der Waals surface area contributed by atoms with Crippen LogP contribution in [0.2, 0.25) is 0 Å². The molecular weight excluding hydrogens is 375 g/mol. The van der Waals surface area contributed by atoms with E-state index in [2.05, 4.69) is 21.4 Å². The van der Waals surface area contributed by atoms with Gasteiger partial charge >= 0.3 is 0 Å². The van der Waals surface area contributed by atoms with Crippen molar-refractivity contribution in [2.45, 2.75) is 24.3 Å². The molecule has 0 fully saturated rings. The van der Waals surface area contributed by atoms with E-state index >= 15 is 0 Å². The van der Waals surface area contributed by atoms with Gasteiger partial charge in [0.25, 0.3) is 0 Å². The molecule has 0 saturated heterocycles. The highest BCUT2D eigenvalue weighted by molar-refractivity contribution is 8.00. The molecule has 5 nitrogen and oxygen atoms in total. The van der Waals surface area contributed by atoms with Gasteiger partial charge in [-0.1, -0.05) is 47.5 Å². The number of nitrogens with one attached hydrogen (secondary N) is 1. The maximum Gasteiger partial charge on any atom is 0.234 e. The molecule has 1 aromatic heterocycles. The Hall–Kier alpha value is -3.11. The summed E-state index contributed by atoms with van der Waals surface area (Å²) in [5.41, 5.74) is 2.22. The van der Waals surface area contributed by atoms with Crippen molar-refractivity contribution in [2.75, 3.05) is 6.54 Å². The van der Waals surface area contributed by atoms with Gasteiger partial charge in [0.15, 0.2) is 11.0 Å². The Balaban J connectivity index is 2.04. The van der Waals surface area contributed by atoms with Gasteiger partial charge in [0.05, 0.1) is 17.4 Å². The van der Waals surface area contributed by atoms with Crippen molar-refractivity contribution in [3.05, 3.63) is 59.9 Å². The van der Waals surface area contributed by atoms with Crippen LogP contribution in [0.5, 0.6) is 0 Å². The van der Waals surface area contributed by atoms with E-state index in [1.807, 2.05) is 31.2 Å². The van der Waals surface area contributed by atoms with Gasteiger partial charge in [-0.15, -0.1) is 16.6 Å². The number of nitrogens with zero attached hydrogens (tertiary/aromatic N) is 3. The first-order chi connectivity index (χ1) is 13.5. The Morgan fingerprint density at radius 2 is 1.96 bits per heavy atom. The molecule has 3 rings (SSSR count). The van der Waals surface area contributed by atoms with Gasteiger partial charge in [-0.05, 0) is 38.1 Å². The fourth-order valence-electron chi connectivity index (χ4n) is 2.58. The fraction of sp³-hybridized carbons (Fsp3) is 0.190. The van der Waals surface area contributed by atoms with Gasteiger partial charge in [0.2, 0.25) is 5.91 Å². The summed E-state index contributed by atoms with van der Waals surface area (Å²) in [7, 11) is 0. The summed E-state index contributed by atoms with van der Waals surface area (Å²) in [6.45, 7) is 3.91. The van der Waals surface area contributed by atoms with Gasteiger partial charge in [0, 0.05) is 5.69 Å². The highest BCUT2D eigenvalue weighted by Crippen LogP contribution is 2.31. The zero-order valence-corrected chi connectivity index (χ0v) is 16.3. The van der Waals surface area contributed by atoms with Crippen LogP contribution in [0, 0.1) is 25.1 Å². The van der Waals surface area contributed by atoms with Crippen LogP contribution in [-0.4, -0.2) is 32.5 Å². The van der Waals surface area contributed by atoms with Gasteiger partial charge in [-0.25, -0.2) is 4.39 Å². The average molecular weight is 394 g/mol. The minimum atomic E-state index is -0.449. The molecule has 0 aliphatic carbocycles. The summed E-state index contributed by atoms with van der Waals surface area (Å²) in [5.74, 6) is 2.16. The lowest BCUT2D eigenvalue weighted by Crippen LogP contribution is -2.31. The molecule has 1 N–H and O–H groups in total. The first kappa shape index (κ1) is 19.6. The van der Waals surface area contributed by atoms with Gasteiger partial charge in [0.1, 0.15) is 5.82 Å². The molecule has 2 aromatic carbocycles. The van der Waals surface area contributed by atoms with Crippen LogP contribution in [0.3, 0.4) is 0 Å². The summed E-state index contributed by atoms with van der Waals surface area (Å²) in [6, 6.07) is 14.1. The lowest BCUT2D eigenvalue weighted by Gasteiger charge is -2.14. The summed E-state index contributed by atoms with van der Waals surface area (Å²) in [4.78, 5) is 12.2. The van der Waals surface area contributed by atoms with E-state index < -0.39 is 5.25 Å². The molecule has 0 saturated carbocycles. The lowest BCUT2D eigenvalue weighted by molar-refractivity contribution is -0.120. The molecular formula is C21H19FN4OS. The van der Waals surface area contributed by atoms with E-state index in [1.54, 1.807) is 29.7 Å². The van der Waals surface area contributed by atoms with Crippen LogP contribution >= 0.6 is 11.8 Å². The molecule has 28 heavy (non-hydrogen) atoms. The van der Waals surface area contributed by atoms with E-state index in [9.17, 15) is 9.18 Å². The van der Waals surface area contributed by atoms with E-state index in [-0.39, 0.29) is 18.3 Å². The van der Waals surface area contributed by atoms with Crippen molar-refractivity contribution in [1.82, 2.24) is 20.1 Å². The molecule has 0 spiro atoms. The van der Waals surface area contributed by atoms with Crippen LogP contribution in [-0.2, 0) is 4.79 Å². The van der Waals surface area contributed by atoms with Gasteiger partial charge in [-0.3, -0.25) is 9.36 Å². The summed E-state index contributed by atoms with van der Waals surface area (Å²) < 4.78 is 16.2. The van der Waals surface area contributed by atoms with Gasteiger partial charge in [-0.2, -0.15) is 0 Å². The first-order valence-corrected chi connectivity index (χ1v) is 9.54. The number of thioether (sulfide) groups is 1. The molecule has 142 valence electrons. The number of rotatable bonds is 6. The van der Waals surface area contributed by atoms with E-state index in [0.717, 1.165) is 11.3 Å². The molecule has 1 heterocycles. The number of carbonyl (C=O) groups is 1. The highest BCUT2D eigenvalue weighted by atomic mass is 32.2. The molecule has 3 aromatic rings. The number of benzene rings is 2. The fourth-order valence-corrected chi connectivity index (χ4v) is 3.48. The number of hydrogen-bond acceptors (Lipinski definition) is 4. The number of hydrogen-bond donors (Lipinski definition) is 1. The summed E-state index contributed by atoms with van der Waals surface area (Å²) in [6.07, 6.45) is 5.19. The molecule has 0 aliphatic heterocycles. The topological polar surface area (TPSA) is 59.8 Å². The smallest absolute Gasteiger partial charge is 0.234 e. The molecule has 0 aliphatic rings. The number of terminal acetylenes is 1. The Kier molecular flexibility index (Phi) is 6.12. The second-order valence-electron chi connectivity index (χ2n) is 6.14. The standard InChI is InChI=1S/C21H19FN4OS/c1-4-13-23-20(27)15(3)28-21-25-24-19(17-7-5-6-8-18(17)22)26(21)16-11-9-14(2)10-12-16/h1,5-12,15H,13H2,2-3H3,(H,23,27). The Morgan fingerprint density at radius 3 is 2.64 bits per heavy atom. The Morgan fingerprint density at radius 1 is 1.25 bits per heavy atom. The Bertz CT molecular complexity index is 1020. The molecule has 0 radical (unpaired) electrons. The predicted octanol–water partition coefficient (Wildman–Crippen LogP) is 3.61. The number of aromatic nitrogens is 3. The van der Waals surface area contributed by atoms with Crippen molar-refractivity contribution >= 4 is 17.7 Å². The number of amides is 1. The monoisotopic (exact) mass is 394 g/mol. The van der Waals surface area contributed by atoms with E-state index in [4.69, 9.17) is 6.42 Å². The maximum atomic E-state index is 14.4. The summed E-state index contributed by atoms with van der Waals surface area (Å²) in [5, 5.41) is 11.1. The van der Waals surface area contributed by atoms with E-state index in [1.165, 1.54) is 17.8 Å². The molecule has 1 atom stereocenters. The molecule has 7 heteroatoms. The Labute approximate surface area is 167 Å². The second kappa shape index (κ2) is 8.72. The van der Waals surface area contributed by atoms with Crippen molar-refractivity contribution in [1.29, 1.82) is 0 Å². The third-order valence-corrected chi connectivity index (χ3v) is 5.10. The van der Waals surface area contributed by atoms with Crippen molar-refractivity contribution < 1.29 is 9.18 Å². The van der Waals surface area contributed by atoms with Crippen molar-refractivity contribution in [3.63, 3.8) is 0 Å². The summed E-state index contributed by atoms with van der Waals surface area (Å²) >= 11 is 1.24. The predicted molar refractivity (Wildman–Crippen MR) is 109 cm³/mol. The van der Waals surface area contributed by atoms with Crippen LogP contribution in [0.25, 0.3) is 17.1 Å². The molecule has 1 unspecified atom stereocenters. The van der Waals surface area contributed by atoms with Crippen LogP contribution in [0.1, 0.15) is 12.5 Å². The maximum absolute atomic E-state index is 14.4. The van der Waals surface area contributed by atoms with Crippen molar-refractivity contribution in [2.24, 2.45) is 0 Å². The first-order valence-electron chi connectivity index (χ1n) is 8.66. The second-order valence-corrected chi connectivity index (χ2v) is 7.45. The third kappa shape index (κ3) is 4.24. The normalized spacial score (nSPS) is 11.6. The third-order valence-electron chi connectivity index (χ3n) is 4.06. The minimum absolute atomic E-state index is 0.162. The van der Waals surface area contributed by atoms with Crippen LogP contribution in [0.15, 0.2) is 53.7 Å². The van der Waals surface area contributed by atoms with Crippen LogP contribution < -0.4 is 5.32 Å². The number of aryl methyl sites for hydroxylation is 1. The highest BCUT2D eigenvalue weighted by Gasteiger charge is 2.22. The largest absolute Gasteiger partial charge is 0.344 e. The average Bonchev–Trinajstić information content (AvgIpc) is 3.10. The SMILES string of the molecule is C#CCNC(=O)C(C)Sc1nnc(-c2ccccc2F)n1-c1ccc(C)cc1. The molecule has 1 amide bonds. The zero-order chi connectivity index (χ0) is 20.1. The number of carbonyl (C=O) groups excluding carboxylic acids is 1. The zero-order valence-electron chi connectivity index (χ0n) is 15.5.